The zero-order valence-electron chi connectivity index (χ0n) is 14.1. The molecule has 0 atom stereocenters. The molecule has 0 fully saturated rings. The molecule has 0 aliphatic carbocycles. The highest BCUT2D eigenvalue weighted by Gasteiger charge is 2.17. The van der Waals surface area contributed by atoms with Crippen LogP contribution in [-0.2, 0) is 0 Å². The van der Waals surface area contributed by atoms with Crippen molar-refractivity contribution in [3.05, 3.63) is 81.7 Å². The molecule has 0 saturated carbocycles. The summed E-state index contributed by atoms with van der Waals surface area (Å²) in [6.45, 7) is 0. The minimum absolute atomic E-state index is 0.983. The van der Waals surface area contributed by atoms with Crippen LogP contribution in [0.3, 0.4) is 0 Å². The number of rotatable bonds is 0. The molecular formula is C23H12Br2N2. The number of hydrogen-bond donors (Lipinski definition) is 0. The Morgan fingerprint density at radius 3 is 2.07 bits per heavy atom. The van der Waals surface area contributed by atoms with Crippen LogP contribution in [0.5, 0.6) is 0 Å². The maximum absolute atomic E-state index is 5.01. The van der Waals surface area contributed by atoms with Gasteiger partial charge in [0.25, 0.3) is 0 Å². The lowest BCUT2D eigenvalue weighted by molar-refractivity contribution is 1.30. The summed E-state index contributed by atoms with van der Waals surface area (Å²) in [5.74, 6) is 0. The predicted octanol–water partition coefficient (Wildman–Crippen LogP) is 7.47. The quantitative estimate of drug-likeness (QED) is 0.164. The number of pyridine rings is 1. The monoisotopic (exact) mass is 474 g/mol. The summed E-state index contributed by atoms with van der Waals surface area (Å²) in [7, 11) is 0. The average molecular weight is 476 g/mol. The minimum Gasteiger partial charge on any atom is -0.289 e. The van der Waals surface area contributed by atoms with Gasteiger partial charge in [-0.05, 0) is 78.4 Å². The topological polar surface area (TPSA) is 17.3 Å². The fraction of sp³-hybridized carbons (Fsp3) is 0. The zero-order valence-corrected chi connectivity index (χ0v) is 17.3. The molecule has 0 aliphatic heterocycles. The Labute approximate surface area is 171 Å². The smallest absolute Gasteiger partial charge is 0.146 e. The van der Waals surface area contributed by atoms with Crippen molar-refractivity contribution in [3.63, 3.8) is 0 Å². The van der Waals surface area contributed by atoms with Crippen LogP contribution < -0.4 is 0 Å². The lowest BCUT2D eigenvalue weighted by Gasteiger charge is -2.12. The summed E-state index contributed by atoms with van der Waals surface area (Å²) in [5.41, 5.74) is 4.21. The third-order valence-corrected chi connectivity index (χ3v) is 6.53. The maximum Gasteiger partial charge on any atom is 0.146 e. The highest BCUT2D eigenvalue weighted by Crippen LogP contribution is 2.38. The van der Waals surface area contributed by atoms with Gasteiger partial charge in [-0.1, -0.05) is 42.5 Å². The van der Waals surface area contributed by atoms with Crippen molar-refractivity contribution in [2.75, 3.05) is 0 Å². The lowest BCUT2D eigenvalue weighted by Crippen LogP contribution is -1.93. The Morgan fingerprint density at radius 2 is 1.30 bits per heavy atom. The summed E-state index contributed by atoms with van der Waals surface area (Å²) in [4.78, 5) is 5.01. The van der Waals surface area contributed by atoms with Gasteiger partial charge in [0.05, 0.1) is 16.6 Å². The largest absolute Gasteiger partial charge is 0.289 e. The Balaban J connectivity index is 2.04. The Kier molecular flexibility index (Phi) is 3.20. The molecule has 128 valence electrons. The fourth-order valence-electron chi connectivity index (χ4n) is 4.09. The molecule has 0 N–H and O–H groups in total. The molecule has 0 aliphatic rings. The molecule has 2 nitrogen and oxygen atoms in total. The first-order valence-electron chi connectivity index (χ1n) is 8.72. The van der Waals surface area contributed by atoms with Crippen molar-refractivity contribution in [2.24, 2.45) is 0 Å². The van der Waals surface area contributed by atoms with Crippen molar-refractivity contribution in [2.45, 2.75) is 0 Å². The highest BCUT2D eigenvalue weighted by molar-refractivity contribution is 9.11. The first-order chi connectivity index (χ1) is 13.2. The van der Waals surface area contributed by atoms with Crippen LogP contribution in [-0.4, -0.2) is 9.38 Å². The van der Waals surface area contributed by atoms with Crippen molar-refractivity contribution >= 4 is 81.0 Å². The van der Waals surface area contributed by atoms with Crippen LogP contribution in [0.15, 0.2) is 81.7 Å². The van der Waals surface area contributed by atoms with Gasteiger partial charge in [-0.3, -0.25) is 4.40 Å². The van der Waals surface area contributed by atoms with Crippen LogP contribution >= 0.6 is 31.9 Å². The summed E-state index contributed by atoms with van der Waals surface area (Å²) in [5, 5.41) is 6.08. The number of benzene rings is 4. The Morgan fingerprint density at radius 1 is 0.630 bits per heavy atom. The first-order valence-corrected chi connectivity index (χ1v) is 10.3. The van der Waals surface area contributed by atoms with Crippen LogP contribution in [0.25, 0.3) is 49.1 Å². The van der Waals surface area contributed by atoms with Crippen LogP contribution in [0.1, 0.15) is 0 Å². The van der Waals surface area contributed by atoms with Gasteiger partial charge in [0.2, 0.25) is 0 Å². The van der Waals surface area contributed by atoms with Gasteiger partial charge in [0, 0.05) is 19.7 Å². The molecule has 0 unspecified atom stereocenters. The number of imidazole rings is 1. The van der Waals surface area contributed by atoms with Gasteiger partial charge in [0.1, 0.15) is 5.65 Å². The van der Waals surface area contributed by atoms with E-state index in [4.69, 9.17) is 4.98 Å². The molecule has 2 heterocycles. The molecule has 4 aromatic carbocycles. The Bertz CT molecular complexity index is 1550. The van der Waals surface area contributed by atoms with E-state index in [2.05, 4.69) is 103 Å². The summed E-state index contributed by atoms with van der Waals surface area (Å²) >= 11 is 7.52. The number of halogens is 2. The van der Waals surface area contributed by atoms with Gasteiger partial charge >= 0.3 is 0 Å². The summed E-state index contributed by atoms with van der Waals surface area (Å²) < 4.78 is 4.38. The molecule has 0 radical (unpaired) electrons. The number of para-hydroxylation sites is 2. The van der Waals surface area contributed by atoms with E-state index in [0.717, 1.165) is 31.1 Å². The molecule has 6 rings (SSSR count). The molecule has 0 spiro atoms. The van der Waals surface area contributed by atoms with E-state index in [-0.39, 0.29) is 0 Å². The summed E-state index contributed by atoms with van der Waals surface area (Å²) in [6, 6.07) is 25.6. The van der Waals surface area contributed by atoms with Gasteiger partial charge in [-0.15, -0.1) is 0 Å². The second kappa shape index (κ2) is 5.54. The normalized spacial score (nSPS) is 12.1. The van der Waals surface area contributed by atoms with E-state index in [0.29, 0.717) is 0 Å². The lowest BCUT2D eigenvalue weighted by atomic mass is 10.0. The van der Waals surface area contributed by atoms with Crippen LogP contribution in [0.4, 0.5) is 0 Å². The van der Waals surface area contributed by atoms with E-state index < -0.39 is 0 Å². The number of nitrogens with zero attached hydrogens (tertiary/aromatic N) is 2. The average Bonchev–Trinajstić information content (AvgIpc) is 3.08. The molecule has 4 heteroatoms. The zero-order chi connectivity index (χ0) is 18.1. The van der Waals surface area contributed by atoms with Crippen molar-refractivity contribution in [1.29, 1.82) is 0 Å². The van der Waals surface area contributed by atoms with Crippen molar-refractivity contribution in [1.82, 2.24) is 9.38 Å². The van der Waals surface area contributed by atoms with Crippen molar-refractivity contribution < 1.29 is 0 Å². The molecule has 0 saturated heterocycles. The van der Waals surface area contributed by atoms with E-state index in [9.17, 15) is 0 Å². The third-order valence-electron chi connectivity index (χ3n) is 5.25. The van der Waals surface area contributed by atoms with Crippen LogP contribution in [0.2, 0.25) is 0 Å². The Hall–Kier alpha value is -2.43. The number of aromatic nitrogens is 2. The molecule has 0 amide bonds. The third kappa shape index (κ3) is 2.08. The molecule has 0 bridgehead atoms. The second-order valence-corrected chi connectivity index (χ2v) is 8.47. The van der Waals surface area contributed by atoms with Gasteiger partial charge in [-0.2, -0.15) is 0 Å². The van der Waals surface area contributed by atoms with Gasteiger partial charge in [-0.25, -0.2) is 4.98 Å². The number of hydrogen-bond acceptors (Lipinski definition) is 1. The maximum atomic E-state index is 5.01. The summed E-state index contributed by atoms with van der Waals surface area (Å²) in [6.07, 6.45) is 0. The van der Waals surface area contributed by atoms with Crippen molar-refractivity contribution in [3.8, 4) is 0 Å². The van der Waals surface area contributed by atoms with E-state index in [1.165, 1.54) is 26.9 Å². The van der Waals surface area contributed by atoms with Gasteiger partial charge < -0.3 is 0 Å². The van der Waals surface area contributed by atoms with E-state index >= 15 is 0 Å². The molecule has 27 heavy (non-hydrogen) atoms. The van der Waals surface area contributed by atoms with Crippen LogP contribution in [0, 0.1) is 0 Å². The van der Waals surface area contributed by atoms with E-state index in [1.54, 1.807) is 0 Å². The molecule has 2 aromatic heterocycles. The first kappa shape index (κ1) is 15.6. The molecular weight excluding hydrogens is 464 g/mol. The highest BCUT2D eigenvalue weighted by atomic mass is 79.9. The fourth-order valence-corrected chi connectivity index (χ4v) is 5.17. The number of fused-ring (bicyclic) bond motifs is 9. The standard InChI is InChI=1S/C23H12Br2N2/c24-18-8-3-7-15-16-11-13-5-1-2-6-14(13)12-17(16)23-26-20-10-4-9-19(25)22(20)27(23)21(15)18/h1-12H. The molecule has 6 aromatic rings. The minimum atomic E-state index is 0.983. The predicted molar refractivity (Wildman–Crippen MR) is 121 cm³/mol. The van der Waals surface area contributed by atoms with E-state index in [1.807, 2.05) is 6.07 Å². The van der Waals surface area contributed by atoms with Gasteiger partial charge in [0.15, 0.2) is 0 Å². The second-order valence-electron chi connectivity index (χ2n) is 6.76. The SMILES string of the molecule is Brc1cccc2nc3c4cc5ccccc5cc4c4cccc(Br)c4n3c12.